The second-order valence-corrected chi connectivity index (χ2v) is 4.50. The van der Waals surface area contributed by atoms with Gasteiger partial charge in [0.25, 0.3) is 0 Å². The van der Waals surface area contributed by atoms with Gasteiger partial charge in [0.2, 0.25) is 5.91 Å². The summed E-state index contributed by atoms with van der Waals surface area (Å²) in [7, 11) is 1.55. The molecule has 19 heavy (non-hydrogen) atoms. The molecule has 6 heteroatoms. The van der Waals surface area contributed by atoms with E-state index in [4.69, 9.17) is 11.6 Å². The molecule has 1 aromatic carbocycles. The zero-order chi connectivity index (χ0) is 14.4. The van der Waals surface area contributed by atoms with Gasteiger partial charge in [-0.15, -0.1) is 0 Å². The van der Waals surface area contributed by atoms with Crippen LogP contribution in [0.3, 0.4) is 0 Å². The van der Waals surface area contributed by atoms with Gasteiger partial charge in [-0.05, 0) is 24.6 Å². The van der Waals surface area contributed by atoms with Gasteiger partial charge >= 0.3 is 5.97 Å². The zero-order valence-electron chi connectivity index (χ0n) is 10.9. The van der Waals surface area contributed by atoms with Crippen molar-refractivity contribution in [2.75, 3.05) is 25.0 Å². The minimum Gasteiger partial charge on any atom is -0.478 e. The molecule has 0 fully saturated rings. The fourth-order valence-corrected chi connectivity index (χ4v) is 1.93. The molecule has 1 aromatic rings. The number of amides is 1. The van der Waals surface area contributed by atoms with Crippen LogP contribution in [-0.2, 0) is 4.79 Å². The Bertz CT molecular complexity index is 477. The molecule has 0 bridgehead atoms. The number of nitrogens with one attached hydrogen (secondary N) is 1. The van der Waals surface area contributed by atoms with E-state index >= 15 is 0 Å². The van der Waals surface area contributed by atoms with Crippen LogP contribution in [0.25, 0.3) is 0 Å². The Balaban J connectivity index is 3.14. The van der Waals surface area contributed by atoms with Gasteiger partial charge in [0.1, 0.15) is 0 Å². The summed E-state index contributed by atoms with van der Waals surface area (Å²) in [5.41, 5.74) is 0.604. The third-order valence-corrected chi connectivity index (χ3v) is 2.87. The summed E-state index contributed by atoms with van der Waals surface area (Å²) in [6, 6.07) is 4.64. The number of aromatic carboxylic acids is 1. The van der Waals surface area contributed by atoms with E-state index in [1.807, 2.05) is 6.92 Å². The molecule has 1 rings (SSSR count). The lowest BCUT2D eigenvalue weighted by Gasteiger charge is -2.25. The average molecular weight is 285 g/mol. The summed E-state index contributed by atoms with van der Waals surface area (Å²) in [5, 5.41) is 12.1. The van der Waals surface area contributed by atoms with E-state index in [9.17, 15) is 14.7 Å². The molecule has 5 nitrogen and oxygen atoms in total. The van der Waals surface area contributed by atoms with Crippen LogP contribution in [0.2, 0.25) is 5.02 Å². The predicted octanol–water partition coefficient (Wildman–Crippen LogP) is 2.00. The second-order valence-electron chi connectivity index (χ2n) is 4.06. The number of halogens is 1. The molecule has 0 aliphatic rings. The monoisotopic (exact) mass is 284 g/mol. The highest BCUT2D eigenvalue weighted by atomic mass is 35.5. The molecule has 0 unspecified atom stereocenters. The van der Waals surface area contributed by atoms with Gasteiger partial charge in [-0.2, -0.15) is 0 Å². The molecule has 0 saturated heterocycles. The zero-order valence-corrected chi connectivity index (χ0v) is 11.7. The number of likely N-dealkylation sites (N-methyl/N-ethyl adjacent to an activating group) is 1. The minimum absolute atomic E-state index is 0.102. The third kappa shape index (κ3) is 4.13. The van der Waals surface area contributed by atoms with E-state index in [1.54, 1.807) is 24.1 Å². The van der Waals surface area contributed by atoms with Crippen molar-refractivity contribution in [1.82, 2.24) is 5.32 Å². The van der Waals surface area contributed by atoms with E-state index in [1.165, 1.54) is 6.07 Å². The summed E-state index contributed by atoms with van der Waals surface area (Å²) in [5.74, 6) is -1.23. The highest BCUT2D eigenvalue weighted by Crippen LogP contribution is 2.24. The number of carbonyl (C=O) groups excluding carboxylic acids is 1. The van der Waals surface area contributed by atoms with E-state index < -0.39 is 5.97 Å². The molecule has 0 saturated carbocycles. The topological polar surface area (TPSA) is 69.6 Å². The first-order valence-corrected chi connectivity index (χ1v) is 6.35. The molecule has 0 aromatic heterocycles. The lowest BCUT2D eigenvalue weighted by molar-refractivity contribution is -0.119. The van der Waals surface area contributed by atoms with E-state index in [0.29, 0.717) is 17.3 Å². The third-order valence-electron chi connectivity index (χ3n) is 2.64. The molecule has 0 atom stereocenters. The van der Waals surface area contributed by atoms with Crippen molar-refractivity contribution >= 4 is 29.2 Å². The predicted molar refractivity (Wildman–Crippen MR) is 75.0 cm³/mol. The maximum absolute atomic E-state index is 11.5. The smallest absolute Gasteiger partial charge is 0.337 e. The largest absolute Gasteiger partial charge is 0.478 e. The minimum atomic E-state index is -1.06. The number of hydrogen-bond acceptors (Lipinski definition) is 3. The Morgan fingerprint density at radius 3 is 2.63 bits per heavy atom. The summed E-state index contributed by atoms with van der Waals surface area (Å²) >= 11 is 5.81. The highest BCUT2D eigenvalue weighted by molar-refractivity contribution is 6.31. The lowest BCUT2D eigenvalue weighted by atomic mass is 10.1. The van der Waals surface area contributed by atoms with Crippen molar-refractivity contribution in [3.63, 3.8) is 0 Å². The standard InChI is InChI=1S/C13H17ClN2O3/c1-3-6-16(8-12(17)15-2)11-5-4-9(14)7-10(11)13(18)19/h4-5,7H,3,6,8H2,1-2H3,(H,15,17)(H,18,19). The highest BCUT2D eigenvalue weighted by Gasteiger charge is 2.18. The molecule has 104 valence electrons. The van der Waals surface area contributed by atoms with Crippen LogP contribution < -0.4 is 10.2 Å². The van der Waals surface area contributed by atoms with Crippen molar-refractivity contribution in [3.8, 4) is 0 Å². The van der Waals surface area contributed by atoms with Gasteiger partial charge in [0.05, 0.1) is 17.8 Å². The van der Waals surface area contributed by atoms with Crippen molar-refractivity contribution < 1.29 is 14.7 Å². The Morgan fingerprint density at radius 2 is 2.11 bits per heavy atom. The van der Waals surface area contributed by atoms with Gasteiger partial charge in [-0.3, -0.25) is 4.79 Å². The van der Waals surface area contributed by atoms with Gasteiger partial charge in [-0.1, -0.05) is 18.5 Å². The quantitative estimate of drug-likeness (QED) is 0.838. The van der Waals surface area contributed by atoms with Crippen molar-refractivity contribution in [2.45, 2.75) is 13.3 Å². The number of benzene rings is 1. The van der Waals surface area contributed by atoms with Crippen LogP contribution in [0.15, 0.2) is 18.2 Å². The Labute approximate surface area is 117 Å². The Morgan fingerprint density at radius 1 is 1.42 bits per heavy atom. The number of hydrogen-bond donors (Lipinski definition) is 2. The van der Waals surface area contributed by atoms with Crippen LogP contribution in [0, 0.1) is 0 Å². The Kier molecular flexibility index (Phi) is 5.63. The number of anilines is 1. The first-order chi connectivity index (χ1) is 8.99. The molecule has 2 N–H and O–H groups in total. The van der Waals surface area contributed by atoms with E-state index in [0.717, 1.165) is 6.42 Å². The molecule has 0 spiro atoms. The number of carbonyl (C=O) groups is 2. The first kappa shape index (κ1) is 15.3. The SMILES string of the molecule is CCCN(CC(=O)NC)c1ccc(Cl)cc1C(=O)O. The second kappa shape index (κ2) is 6.99. The first-order valence-electron chi connectivity index (χ1n) is 5.98. The maximum Gasteiger partial charge on any atom is 0.337 e. The van der Waals surface area contributed by atoms with Crippen molar-refractivity contribution in [3.05, 3.63) is 28.8 Å². The van der Waals surface area contributed by atoms with E-state index in [-0.39, 0.29) is 18.0 Å². The number of rotatable bonds is 6. The Hall–Kier alpha value is -1.75. The van der Waals surface area contributed by atoms with Crippen LogP contribution in [0.4, 0.5) is 5.69 Å². The van der Waals surface area contributed by atoms with Crippen LogP contribution in [-0.4, -0.2) is 37.1 Å². The fourth-order valence-electron chi connectivity index (χ4n) is 1.76. The van der Waals surface area contributed by atoms with Crippen LogP contribution >= 0.6 is 11.6 Å². The van der Waals surface area contributed by atoms with Crippen LogP contribution in [0.5, 0.6) is 0 Å². The lowest BCUT2D eigenvalue weighted by Crippen LogP contribution is -2.36. The summed E-state index contributed by atoms with van der Waals surface area (Å²) in [4.78, 5) is 24.5. The molecule has 0 aliphatic carbocycles. The number of carboxylic acid groups (broad SMARTS) is 1. The molecule has 1 amide bonds. The summed E-state index contributed by atoms with van der Waals surface area (Å²) < 4.78 is 0. The summed E-state index contributed by atoms with van der Waals surface area (Å²) in [6.45, 7) is 2.68. The van der Waals surface area contributed by atoms with Gasteiger partial charge < -0.3 is 15.3 Å². The molecule has 0 aliphatic heterocycles. The normalized spacial score (nSPS) is 10.1. The van der Waals surface area contributed by atoms with Gasteiger partial charge in [0, 0.05) is 18.6 Å². The maximum atomic E-state index is 11.5. The van der Waals surface area contributed by atoms with Gasteiger partial charge in [-0.25, -0.2) is 4.79 Å². The van der Waals surface area contributed by atoms with E-state index in [2.05, 4.69) is 5.32 Å². The summed E-state index contributed by atoms with van der Waals surface area (Å²) in [6.07, 6.45) is 0.804. The number of carboxylic acids is 1. The average Bonchev–Trinajstić information content (AvgIpc) is 2.38. The number of nitrogens with zero attached hydrogens (tertiary/aromatic N) is 1. The molecule has 0 heterocycles. The van der Waals surface area contributed by atoms with Crippen LogP contribution in [0.1, 0.15) is 23.7 Å². The van der Waals surface area contributed by atoms with Gasteiger partial charge in [0.15, 0.2) is 0 Å². The van der Waals surface area contributed by atoms with Crippen molar-refractivity contribution in [2.24, 2.45) is 0 Å². The molecule has 0 radical (unpaired) electrons. The molecular formula is C13H17ClN2O3. The fraction of sp³-hybridized carbons (Fsp3) is 0.385. The van der Waals surface area contributed by atoms with Crippen molar-refractivity contribution in [1.29, 1.82) is 0 Å². The molecular weight excluding hydrogens is 268 g/mol.